The highest BCUT2D eigenvalue weighted by molar-refractivity contribution is 7.91. The van der Waals surface area contributed by atoms with Crippen LogP contribution in [0.4, 0.5) is 5.13 Å². The normalized spacial score (nSPS) is 17.7. The summed E-state index contributed by atoms with van der Waals surface area (Å²) in [5.41, 5.74) is 6.10. The minimum atomic E-state index is -3.44. The van der Waals surface area contributed by atoms with Crippen LogP contribution in [0.5, 0.6) is 0 Å². The molecular formula is C11H19N3O2S2. The summed E-state index contributed by atoms with van der Waals surface area (Å²) in [5, 5.41) is 0.313. The van der Waals surface area contributed by atoms with Gasteiger partial charge in [0.05, 0.1) is 5.69 Å². The lowest BCUT2D eigenvalue weighted by Crippen LogP contribution is -2.38. The third-order valence-electron chi connectivity index (χ3n) is 3.36. The summed E-state index contributed by atoms with van der Waals surface area (Å²) in [6.45, 7) is 4.09. The van der Waals surface area contributed by atoms with Gasteiger partial charge in [-0.1, -0.05) is 31.1 Å². The highest BCUT2D eigenvalue weighted by atomic mass is 32.2. The van der Waals surface area contributed by atoms with E-state index in [0.29, 0.717) is 21.6 Å². The number of thiazole rings is 1. The van der Waals surface area contributed by atoms with Gasteiger partial charge in [-0.2, -0.15) is 4.31 Å². The minimum absolute atomic E-state index is 0.141. The molecule has 0 saturated heterocycles. The second-order valence-corrected chi connectivity index (χ2v) is 7.69. The Bertz CT molecular complexity index is 518. The average Bonchev–Trinajstić information content (AvgIpc) is 2.89. The van der Waals surface area contributed by atoms with Crippen molar-refractivity contribution in [2.24, 2.45) is 0 Å². The molecule has 0 radical (unpaired) electrons. The second-order valence-electron chi connectivity index (χ2n) is 4.57. The molecule has 0 bridgehead atoms. The minimum Gasteiger partial charge on any atom is -0.375 e. The van der Waals surface area contributed by atoms with Gasteiger partial charge < -0.3 is 5.73 Å². The zero-order valence-corrected chi connectivity index (χ0v) is 12.4. The number of rotatable bonds is 4. The maximum atomic E-state index is 12.6. The largest absolute Gasteiger partial charge is 0.375 e. The molecule has 1 aliphatic carbocycles. The van der Waals surface area contributed by atoms with E-state index in [1.807, 2.05) is 6.92 Å². The van der Waals surface area contributed by atoms with E-state index in [2.05, 4.69) is 4.98 Å². The summed E-state index contributed by atoms with van der Waals surface area (Å²) < 4.78 is 27.2. The molecule has 0 aliphatic heterocycles. The summed E-state index contributed by atoms with van der Waals surface area (Å²) in [7, 11) is -3.44. The molecule has 2 N–H and O–H groups in total. The highest BCUT2D eigenvalue weighted by Crippen LogP contribution is 2.32. The van der Waals surface area contributed by atoms with E-state index in [9.17, 15) is 8.42 Å². The van der Waals surface area contributed by atoms with E-state index in [1.54, 1.807) is 11.2 Å². The molecule has 0 atom stereocenters. The lowest BCUT2D eigenvalue weighted by atomic mass is 10.2. The molecule has 1 heterocycles. The van der Waals surface area contributed by atoms with Crippen molar-refractivity contribution < 1.29 is 8.42 Å². The number of hydrogen-bond acceptors (Lipinski definition) is 5. The van der Waals surface area contributed by atoms with Crippen LogP contribution in [-0.4, -0.2) is 30.3 Å². The quantitative estimate of drug-likeness (QED) is 0.919. The number of nitrogens with zero attached hydrogens (tertiary/aromatic N) is 2. The Hall–Kier alpha value is -0.660. The van der Waals surface area contributed by atoms with Gasteiger partial charge in [0.25, 0.3) is 10.0 Å². The van der Waals surface area contributed by atoms with Crippen molar-refractivity contribution in [3.8, 4) is 0 Å². The van der Waals surface area contributed by atoms with Crippen LogP contribution in [0.15, 0.2) is 4.21 Å². The molecule has 1 fully saturated rings. The Kier molecular flexibility index (Phi) is 3.93. The molecule has 1 aromatic heterocycles. The molecule has 1 aromatic rings. The van der Waals surface area contributed by atoms with Gasteiger partial charge in [-0.15, -0.1) is 0 Å². The monoisotopic (exact) mass is 289 g/mol. The van der Waals surface area contributed by atoms with Crippen molar-refractivity contribution in [2.75, 3.05) is 12.3 Å². The molecule has 0 spiro atoms. The van der Waals surface area contributed by atoms with Crippen LogP contribution in [-0.2, 0) is 10.0 Å². The molecule has 1 saturated carbocycles. The Morgan fingerprint density at radius 3 is 2.50 bits per heavy atom. The summed E-state index contributed by atoms with van der Waals surface area (Å²) >= 11 is 1.06. The third-order valence-corrected chi connectivity index (χ3v) is 6.96. The lowest BCUT2D eigenvalue weighted by molar-refractivity contribution is 0.336. The average molecular weight is 289 g/mol. The first-order chi connectivity index (χ1) is 8.46. The fourth-order valence-corrected chi connectivity index (χ4v) is 5.67. The molecule has 102 valence electrons. The van der Waals surface area contributed by atoms with Crippen LogP contribution >= 0.6 is 11.3 Å². The van der Waals surface area contributed by atoms with Gasteiger partial charge in [0.15, 0.2) is 9.34 Å². The van der Waals surface area contributed by atoms with Crippen LogP contribution in [0.1, 0.15) is 38.3 Å². The second kappa shape index (κ2) is 5.14. The molecule has 0 unspecified atom stereocenters. The summed E-state index contributed by atoms with van der Waals surface area (Å²) in [6.07, 6.45) is 4.14. The van der Waals surface area contributed by atoms with Gasteiger partial charge in [-0.3, -0.25) is 0 Å². The van der Waals surface area contributed by atoms with Crippen molar-refractivity contribution in [3.05, 3.63) is 5.69 Å². The fourth-order valence-electron chi connectivity index (χ4n) is 2.57. The number of aromatic nitrogens is 1. The fraction of sp³-hybridized carbons (Fsp3) is 0.727. The summed E-state index contributed by atoms with van der Waals surface area (Å²) in [4.78, 5) is 4.01. The molecule has 7 heteroatoms. The number of nitrogens with two attached hydrogens (primary N) is 1. The molecule has 18 heavy (non-hydrogen) atoms. The Morgan fingerprint density at radius 1 is 1.44 bits per heavy atom. The lowest BCUT2D eigenvalue weighted by Gasteiger charge is -2.26. The molecule has 0 amide bonds. The van der Waals surface area contributed by atoms with Gasteiger partial charge in [-0.05, 0) is 19.8 Å². The van der Waals surface area contributed by atoms with E-state index in [4.69, 9.17) is 5.73 Å². The van der Waals surface area contributed by atoms with E-state index in [-0.39, 0.29) is 6.04 Å². The van der Waals surface area contributed by atoms with E-state index in [1.165, 1.54) is 0 Å². The van der Waals surface area contributed by atoms with E-state index in [0.717, 1.165) is 37.0 Å². The molecule has 5 nitrogen and oxygen atoms in total. The topological polar surface area (TPSA) is 76.3 Å². The zero-order valence-electron chi connectivity index (χ0n) is 10.7. The van der Waals surface area contributed by atoms with Crippen LogP contribution in [0, 0.1) is 6.92 Å². The Labute approximate surface area is 112 Å². The zero-order chi connectivity index (χ0) is 13.3. The predicted molar refractivity (Wildman–Crippen MR) is 73.1 cm³/mol. The van der Waals surface area contributed by atoms with E-state index >= 15 is 0 Å². The first kappa shape index (κ1) is 13.8. The van der Waals surface area contributed by atoms with Crippen molar-refractivity contribution in [1.82, 2.24) is 9.29 Å². The van der Waals surface area contributed by atoms with Crippen molar-refractivity contribution in [2.45, 2.75) is 49.8 Å². The Balaban J connectivity index is 2.36. The SMILES string of the molecule is CCN(C1CCCC1)S(=O)(=O)c1sc(N)nc1C. The number of hydrogen-bond donors (Lipinski definition) is 1. The number of aryl methyl sites for hydroxylation is 1. The van der Waals surface area contributed by atoms with Crippen LogP contribution in [0.25, 0.3) is 0 Å². The number of nitrogen functional groups attached to an aromatic ring is 1. The number of anilines is 1. The van der Waals surface area contributed by atoms with Crippen molar-refractivity contribution in [3.63, 3.8) is 0 Å². The molecular weight excluding hydrogens is 270 g/mol. The predicted octanol–water partition coefficient (Wildman–Crippen LogP) is 1.99. The first-order valence-electron chi connectivity index (χ1n) is 6.21. The smallest absolute Gasteiger partial charge is 0.254 e. The standard InChI is InChI=1S/C11H19N3O2S2/c1-3-14(9-6-4-5-7-9)18(15,16)10-8(2)13-11(12)17-10/h9H,3-7H2,1-2H3,(H2,12,13). The first-order valence-corrected chi connectivity index (χ1v) is 8.47. The maximum Gasteiger partial charge on any atom is 0.254 e. The van der Waals surface area contributed by atoms with Crippen molar-refractivity contribution >= 4 is 26.5 Å². The molecule has 2 rings (SSSR count). The van der Waals surface area contributed by atoms with Gasteiger partial charge >= 0.3 is 0 Å². The van der Waals surface area contributed by atoms with Gasteiger partial charge in [0.2, 0.25) is 0 Å². The maximum absolute atomic E-state index is 12.6. The number of sulfonamides is 1. The molecule has 1 aliphatic rings. The van der Waals surface area contributed by atoms with Gasteiger partial charge in [-0.25, -0.2) is 13.4 Å². The highest BCUT2D eigenvalue weighted by Gasteiger charge is 2.34. The van der Waals surface area contributed by atoms with Crippen LogP contribution in [0.2, 0.25) is 0 Å². The third kappa shape index (κ3) is 2.39. The summed E-state index contributed by atoms with van der Waals surface area (Å²) in [5.74, 6) is 0. The van der Waals surface area contributed by atoms with E-state index < -0.39 is 10.0 Å². The Morgan fingerprint density at radius 2 is 2.06 bits per heavy atom. The van der Waals surface area contributed by atoms with Gasteiger partial charge in [0, 0.05) is 12.6 Å². The van der Waals surface area contributed by atoms with Gasteiger partial charge in [0.1, 0.15) is 0 Å². The summed E-state index contributed by atoms with van der Waals surface area (Å²) in [6, 6.07) is 0.141. The van der Waals surface area contributed by atoms with Crippen molar-refractivity contribution in [1.29, 1.82) is 0 Å². The molecule has 0 aromatic carbocycles. The van der Waals surface area contributed by atoms with Crippen LogP contribution in [0.3, 0.4) is 0 Å². The van der Waals surface area contributed by atoms with Crippen LogP contribution < -0.4 is 5.73 Å².